The molecule has 1 amide bonds. The van der Waals surface area contributed by atoms with Gasteiger partial charge in [-0.3, -0.25) is 14.6 Å². The molecule has 0 bridgehead atoms. The number of carboxylic acids is 1. The molecule has 6 nitrogen and oxygen atoms in total. The van der Waals surface area contributed by atoms with Crippen LogP contribution in [0, 0.1) is 11.7 Å². The smallest absolute Gasteiger partial charge is 0.307 e. The number of aromatic nitrogens is 1. The van der Waals surface area contributed by atoms with Gasteiger partial charge in [-0.15, -0.1) is 0 Å². The summed E-state index contributed by atoms with van der Waals surface area (Å²) in [7, 11) is 0. The van der Waals surface area contributed by atoms with Crippen molar-refractivity contribution in [2.75, 3.05) is 11.9 Å². The van der Waals surface area contributed by atoms with Gasteiger partial charge in [0.25, 0.3) is 0 Å². The number of anilines is 1. The summed E-state index contributed by atoms with van der Waals surface area (Å²) in [6.45, 7) is 2.65. The third-order valence-electron chi connectivity index (χ3n) is 6.03. The lowest BCUT2D eigenvalue weighted by Gasteiger charge is -2.32. The highest BCUT2D eigenvalue weighted by atomic mass is 19.1. The van der Waals surface area contributed by atoms with Crippen LogP contribution in [0.25, 0.3) is 0 Å². The van der Waals surface area contributed by atoms with Crippen LogP contribution in [-0.2, 0) is 22.4 Å². The molecule has 0 saturated heterocycles. The average Bonchev–Trinajstić information content (AvgIpc) is 2.80. The van der Waals surface area contributed by atoms with Crippen LogP contribution in [0.2, 0.25) is 0 Å². The zero-order valence-corrected chi connectivity index (χ0v) is 18.3. The molecule has 2 aromatic carbocycles. The van der Waals surface area contributed by atoms with Gasteiger partial charge in [0.05, 0.1) is 29.9 Å². The van der Waals surface area contributed by atoms with Gasteiger partial charge < -0.3 is 15.7 Å². The van der Waals surface area contributed by atoms with Crippen molar-refractivity contribution in [1.82, 2.24) is 10.3 Å². The number of benzene rings is 2. The van der Waals surface area contributed by atoms with E-state index in [9.17, 15) is 14.0 Å². The maximum atomic E-state index is 13.6. The van der Waals surface area contributed by atoms with E-state index < -0.39 is 17.7 Å². The minimum Gasteiger partial charge on any atom is -0.481 e. The third-order valence-corrected chi connectivity index (χ3v) is 6.03. The topological polar surface area (TPSA) is 91.3 Å². The van der Waals surface area contributed by atoms with Crippen LogP contribution in [-0.4, -0.2) is 28.5 Å². The zero-order chi connectivity index (χ0) is 23.4. The van der Waals surface area contributed by atoms with E-state index >= 15 is 0 Å². The molecule has 3 atom stereocenters. The van der Waals surface area contributed by atoms with Crippen molar-refractivity contribution >= 4 is 17.6 Å². The van der Waals surface area contributed by atoms with Crippen LogP contribution in [0.4, 0.5) is 10.1 Å². The second kappa shape index (κ2) is 9.92. The van der Waals surface area contributed by atoms with Gasteiger partial charge in [0.1, 0.15) is 5.82 Å². The Labute approximate surface area is 191 Å². The van der Waals surface area contributed by atoms with Crippen molar-refractivity contribution in [1.29, 1.82) is 0 Å². The zero-order valence-electron chi connectivity index (χ0n) is 18.3. The first-order valence-electron chi connectivity index (χ1n) is 10.9. The van der Waals surface area contributed by atoms with E-state index in [0.29, 0.717) is 24.3 Å². The first-order valence-corrected chi connectivity index (χ1v) is 10.9. The largest absolute Gasteiger partial charge is 0.481 e. The first kappa shape index (κ1) is 22.6. The number of carboxylic acid groups (broad SMARTS) is 1. The number of amides is 1. The average molecular weight is 448 g/mol. The number of fused-ring (bicyclic) bond motifs is 1. The molecule has 3 aromatic rings. The molecule has 7 heteroatoms. The molecule has 1 aliphatic heterocycles. The van der Waals surface area contributed by atoms with E-state index in [4.69, 9.17) is 5.11 Å². The van der Waals surface area contributed by atoms with E-state index in [2.05, 4.69) is 22.5 Å². The van der Waals surface area contributed by atoms with Gasteiger partial charge in [0, 0.05) is 25.1 Å². The summed E-state index contributed by atoms with van der Waals surface area (Å²) in [6, 6.07) is 18.4. The monoisotopic (exact) mass is 447 g/mol. The Morgan fingerprint density at radius 2 is 1.94 bits per heavy atom. The van der Waals surface area contributed by atoms with Gasteiger partial charge in [-0.05, 0) is 22.6 Å². The lowest BCUT2D eigenvalue weighted by molar-refractivity contribution is -0.136. The van der Waals surface area contributed by atoms with Crippen LogP contribution in [0.3, 0.4) is 0 Å². The highest BCUT2D eigenvalue weighted by Crippen LogP contribution is 2.33. The van der Waals surface area contributed by atoms with Crippen molar-refractivity contribution in [3.05, 3.63) is 95.1 Å². The number of hydrogen-bond acceptors (Lipinski definition) is 4. The van der Waals surface area contributed by atoms with Crippen LogP contribution in [0.15, 0.2) is 66.9 Å². The number of nitrogens with zero attached hydrogens (tertiary/aromatic N) is 1. The van der Waals surface area contributed by atoms with Gasteiger partial charge in [-0.1, -0.05) is 61.5 Å². The van der Waals surface area contributed by atoms with E-state index in [1.807, 2.05) is 54.6 Å². The number of carbonyl (C=O) groups is 2. The summed E-state index contributed by atoms with van der Waals surface area (Å²) >= 11 is 0. The molecular weight excluding hydrogens is 421 g/mol. The first-order chi connectivity index (χ1) is 15.9. The molecule has 0 aliphatic carbocycles. The van der Waals surface area contributed by atoms with Crippen molar-refractivity contribution in [3.8, 4) is 0 Å². The summed E-state index contributed by atoms with van der Waals surface area (Å²) in [5, 5.41) is 15.4. The standard InChI is InChI=1S/C26H26FN3O3/c1-16(19-9-5-6-17(10-19)11-24(31)32)14-29-25(18-7-3-2-4-8-18)21-13-22-23(30-26(21)33)12-20(27)15-28-22/h2-10,12,15-16,21,25,29H,11,13-14H2,1H3,(H,30,33)(H,31,32)/t16-,21-,25+/m0/s1. The van der Waals surface area contributed by atoms with E-state index in [1.165, 1.54) is 12.3 Å². The van der Waals surface area contributed by atoms with E-state index in [0.717, 1.165) is 16.7 Å². The Morgan fingerprint density at radius 1 is 1.18 bits per heavy atom. The summed E-state index contributed by atoms with van der Waals surface area (Å²) in [5.74, 6) is -1.84. The molecule has 0 fully saturated rings. The predicted molar refractivity (Wildman–Crippen MR) is 123 cm³/mol. The highest BCUT2D eigenvalue weighted by molar-refractivity contribution is 5.95. The molecule has 0 spiro atoms. The van der Waals surface area contributed by atoms with Crippen molar-refractivity contribution in [2.45, 2.75) is 31.7 Å². The summed E-state index contributed by atoms with van der Waals surface area (Å²) in [6.07, 6.45) is 1.55. The normalized spacial score (nSPS) is 17.0. The number of pyridine rings is 1. The SMILES string of the molecule is C[C@@H](CN[C@H](c1ccccc1)[C@@H]1Cc2ncc(F)cc2NC1=O)c1cccc(CC(=O)O)c1. The molecule has 1 aliphatic rings. The Morgan fingerprint density at radius 3 is 2.70 bits per heavy atom. The fourth-order valence-electron chi connectivity index (χ4n) is 4.29. The Bertz CT molecular complexity index is 1150. The lowest BCUT2D eigenvalue weighted by atomic mass is 9.85. The summed E-state index contributed by atoms with van der Waals surface area (Å²) in [5.41, 5.74) is 3.86. The summed E-state index contributed by atoms with van der Waals surface area (Å²) in [4.78, 5) is 28.2. The molecule has 0 saturated carbocycles. The van der Waals surface area contributed by atoms with Crippen LogP contribution in [0.5, 0.6) is 0 Å². The van der Waals surface area contributed by atoms with Crippen LogP contribution < -0.4 is 10.6 Å². The Hall–Kier alpha value is -3.58. The van der Waals surface area contributed by atoms with Gasteiger partial charge >= 0.3 is 5.97 Å². The quantitative estimate of drug-likeness (QED) is 0.484. The number of aliphatic carboxylic acids is 1. The molecule has 170 valence electrons. The van der Waals surface area contributed by atoms with Gasteiger partial charge in [0.2, 0.25) is 5.91 Å². The van der Waals surface area contributed by atoms with Gasteiger partial charge in [-0.2, -0.15) is 0 Å². The van der Waals surface area contributed by atoms with Crippen LogP contribution in [0.1, 0.15) is 41.3 Å². The molecular formula is C26H26FN3O3. The molecule has 0 radical (unpaired) electrons. The number of halogens is 1. The molecule has 4 rings (SSSR count). The lowest BCUT2D eigenvalue weighted by Crippen LogP contribution is -2.41. The number of hydrogen-bond donors (Lipinski definition) is 3. The maximum Gasteiger partial charge on any atom is 0.307 e. The second-order valence-corrected chi connectivity index (χ2v) is 8.46. The molecule has 0 unspecified atom stereocenters. The Kier molecular flexibility index (Phi) is 6.79. The van der Waals surface area contributed by atoms with Crippen LogP contribution >= 0.6 is 0 Å². The molecule has 33 heavy (non-hydrogen) atoms. The fourth-order valence-corrected chi connectivity index (χ4v) is 4.29. The van der Waals surface area contributed by atoms with E-state index in [-0.39, 0.29) is 24.3 Å². The number of carbonyl (C=O) groups excluding carboxylic acids is 1. The Balaban J connectivity index is 1.54. The third kappa shape index (κ3) is 5.43. The van der Waals surface area contributed by atoms with Crippen molar-refractivity contribution in [2.24, 2.45) is 5.92 Å². The van der Waals surface area contributed by atoms with E-state index in [1.54, 1.807) is 0 Å². The van der Waals surface area contributed by atoms with Gasteiger partial charge in [-0.25, -0.2) is 4.39 Å². The van der Waals surface area contributed by atoms with Crippen molar-refractivity contribution < 1.29 is 19.1 Å². The molecule has 2 heterocycles. The highest BCUT2D eigenvalue weighted by Gasteiger charge is 2.34. The summed E-state index contributed by atoms with van der Waals surface area (Å²) < 4.78 is 13.6. The molecule has 3 N–H and O–H groups in total. The molecule has 1 aromatic heterocycles. The minimum absolute atomic E-state index is 0.0180. The second-order valence-electron chi connectivity index (χ2n) is 8.46. The maximum absolute atomic E-state index is 13.6. The number of nitrogens with one attached hydrogen (secondary N) is 2. The minimum atomic E-state index is -0.862. The fraction of sp³-hybridized carbons (Fsp3) is 0.269. The van der Waals surface area contributed by atoms with Gasteiger partial charge in [0.15, 0.2) is 0 Å². The van der Waals surface area contributed by atoms with Crippen molar-refractivity contribution in [3.63, 3.8) is 0 Å². The predicted octanol–water partition coefficient (Wildman–Crippen LogP) is 4.09. The number of rotatable bonds is 8.